The number of fused-ring (bicyclic) bond motifs is 1. The molecule has 0 amide bonds. The zero-order valence-electron chi connectivity index (χ0n) is 16.8. The third-order valence-electron chi connectivity index (χ3n) is 5.31. The van der Waals surface area contributed by atoms with Gasteiger partial charge >= 0.3 is 0 Å². The molecule has 1 saturated heterocycles. The fourth-order valence-corrected chi connectivity index (χ4v) is 5.58. The number of aromatic nitrogens is 2. The molecule has 0 atom stereocenters. The summed E-state index contributed by atoms with van der Waals surface area (Å²) in [5, 5.41) is 8.87. The number of hydrazone groups is 1. The lowest BCUT2D eigenvalue weighted by Crippen LogP contribution is -2.29. The molecule has 1 fully saturated rings. The average molecular weight is 434 g/mol. The monoisotopic (exact) mass is 433 g/mol. The Kier molecular flexibility index (Phi) is 5.46. The Balaban J connectivity index is 1.42. The summed E-state index contributed by atoms with van der Waals surface area (Å²) in [6.07, 6.45) is 5.68. The molecule has 0 unspecified atom stereocenters. The number of benzene rings is 1. The Hall–Kier alpha value is -2.77. The van der Waals surface area contributed by atoms with Crippen LogP contribution in [0.2, 0.25) is 0 Å². The predicted molar refractivity (Wildman–Crippen MR) is 129 cm³/mol. The molecule has 1 aliphatic rings. The van der Waals surface area contributed by atoms with Gasteiger partial charge in [0.25, 0.3) is 0 Å². The summed E-state index contributed by atoms with van der Waals surface area (Å²) in [4.78, 5) is 14.3. The SMILES string of the molecule is Cc1cc(N/N=C/c2sc(N3CCCCC3)nc2-c2cccs2)nc2ccccc12. The van der Waals surface area contributed by atoms with Crippen LogP contribution in [0.5, 0.6) is 0 Å². The molecule has 30 heavy (non-hydrogen) atoms. The number of anilines is 2. The van der Waals surface area contributed by atoms with Gasteiger partial charge in [-0.1, -0.05) is 35.6 Å². The Morgan fingerprint density at radius 3 is 2.77 bits per heavy atom. The smallest absolute Gasteiger partial charge is 0.186 e. The van der Waals surface area contributed by atoms with Crippen LogP contribution >= 0.6 is 22.7 Å². The summed E-state index contributed by atoms with van der Waals surface area (Å²) < 4.78 is 0. The summed E-state index contributed by atoms with van der Waals surface area (Å²) in [6, 6.07) is 14.4. The van der Waals surface area contributed by atoms with Gasteiger partial charge in [-0.3, -0.25) is 5.43 Å². The van der Waals surface area contributed by atoms with Crippen molar-refractivity contribution in [2.45, 2.75) is 26.2 Å². The third kappa shape index (κ3) is 3.95. The van der Waals surface area contributed by atoms with Crippen LogP contribution in [0.4, 0.5) is 10.9 Å². The fraction of sp³-hybridized carbons (Fsp3) is 0.261. The van der Waals surface area contributed by atoms with E-state index in [1.54, 1.807) is 22.7 Å². The molecular formula is C23H23N5S2. The lowest BCUT2D eigenvalue weighted by atomic mass is 10.1. The molecule has 0 radical (unpaired) electrons. The zero-order chi connectivity index (χ0) is 20.3. The lowest BCUT2D eigenvalue weighted by molar-refractivity contribution is 0.577. The predicted octanol–water partition coefficient (Wildman–Crippen LogP) is 6.16. The van der Waals surface area contributed by atoms with E-state index in [1.165, 1.54) is 35.1 Å². The van der Waals surface area contributed by atoms with Crippen LogP contribution in [0.3, 0.4) is 0 Å². The highest BCUT2D eigenvalue weighted by molar-refractivity contribution is 7.18. The van der Waals surface area contributed by atoms with Crippen LogP contribution in [0, 0.1) is 6.92 Å². The average Bonchev–Trinajstić information content (AvgIpc) is 3.44. The highest BCUT2D eigenvalue weighted by Gasteiger charge is 2.19. The molecule has 3 aromatic heterocycles. The van der Waals surface area contributed by atoms with Crippen LogP contribution in [-0.2, 0) is 0 Å². The standard InChI is InChI=1S/C23H23N5S2/c1-16-14-21(25-18-9-4-3-8-17(16)18)27-24-15-20-22(19-10-7-13-29-19)26-23(30-20)28-11-5-2-6-12-28/h3-4,7-10,13-15H,2,5-6,11-12H2,1H3,(H,25,27)/b24-15+. The lowest BCUT2D eigenvalue weighted by Gasteiger charge is -2.25. The summed E-state index contributed by atoms with van der Waals surface area (Å²) in [5.74, 6) is 0.751. The van der Waals surface area contributed by atoms with Gasteiger partial charge in [0.05, 0.1) is 21.5 Å². The van der Waals surface area contributed by atoms with E-state index in [-0.39, 0.29) is 0 Å². The molecule has 5 nitrogen and oxygen atoms in total. The van der Waals surface area contributed by atoms with E-state index in [1.807, 2.05) is 30.5 Å². The number of aryl methyl sites for hydroxylation is 1. The molecule has 4 aromatic rings. The van der Waals surface area contributed by atoms with Gasteiger partial charge < -0.3 is 4.90 Å². The second-order valence-corrected chi connectivity index (χ2v) is 9.40. The van der Waals surface area contributed by atoms with E-state index in [2.05, 4.69) is 50.9 Å². The summed E-state index contributed by atoms with van der Waals surface area (Å²) in [6.45, 7) is 4.28. The minimum Gasteiger partial charge on any atom is -0.348 e. The Labute approximate surface area is 184 Å². The van der Waals surface area contributed by atoms with Crippen molar-refractivity contribution in [1.29, 1.82) is 0 Å². The van der Waals surface area contributed by atoms with Gasteiger partial charge in [-0.15, -0.1) is 11.3 Å². The zero-order valence-corrected chi connectivity index (χ0v) is 18.5. The maximum Gasteiger partial charge on any atom is 0.186 e. The van der Waals surface area contributed by atoms with Gasteiger partial charge in [0.2, 0.25) is 0 Å². The molecule has 0 saturated carbocycles. The van der Waals surface area contributed by atoms with E-state index < -0.39 is 0 Å². The van der Waals surface area contributed by atoms with Gasteiger partial charge in [-0.2, -0.15) is 5.10 Å². The molecule has 0 bridgehead atoms. The molecule has 152 valence electrons. The van der Waals surface area contributed by atoms with Crippen LogP contribution in [-0.4, -0.2) is 29.3 Å². The molecule has 5 rings (SSSR count). The number of hydrogen-bond acceptors (Lipinski definition) is 7. The molecule has 1 aliphatic heterocycles. The number of hydrogen-bond donors (Lipinski definition) is 1. The fourth-order valence-electron chi connectivity index (χ4n) is 3.78. The quantitative estimate of drug-likeness (QED) is 0.302. The highest BCUT2D eigenvalue weighted by atomic mass is 32.1. The first-order valence-electron chi connectivity index (χ1n) is 10.2. The summed E-state index contributed by atoms with van der Waals surface area (Å²) in [7, 11) is 0. The normalized spacial score (nSPS) is 14.6. The van der Waals surface area contributed by atoms with Crippen molar-refractivity contribution < 1.29 is 0 Å². The van der Waals surface area contributed by atoms with Gasteiger partial charge in [0.15, 0.2) is 5.13 Å². The van der Waals surface area contributed by atoms with Crippen molar-refractivity contribution in [2.24, 2.45) is 5.10 Å². The van der Waals surface area contributed by atoms with Crippen molar-refractivity contribution in [1.82, 2.24) is 9.97 Å². The van der Waals surface area contributed by atoms with E-state index in [0.29, 0.717) is 0 Å². The number of rotatable bonds is 5. The second kappa shape index (κ2) is 8.53. The molecule has 1 aromatic carbocycles. The van der Waals surface area contributed by atoms with Gasteiger partial charge in [-0.05, 0) is 55.3 Å². The Morgan fingerprint density at radius 2 is 1.93 bits per heavy atom. The largest absolute Gasteiger partial charge is 0.348 e. The topological polar surface area (TPSA) is 53.4 Å². The first-order chi connectivity index (χ1) is 14.8. The van der Waals surface area contributed by atoms with Crippen LogP contribution in [0.15, 0.2) is 52.9 Å². The van der Waals surface area contributed by atoms with Crippen LogP contribution in [0.1, 0.15) is 29.7 Å². The Morgan fingerprint density at radius 1 is 1.07 bits per heavy atom. The highest BCUT2D eigenvalue weighted by Crippen LogP contribution is 2.35. The maximum absolute atomic E-state index is 4.98. The van der Waals surface area contributed by atoms with Crippen molar-refractivity contribution in [3.63, 3.8) is 0 Å². The van der Waals surface area contributed by atoms with Crippen molar-refractivity contribution in [3.8, 4) is 10.6 Å². The number of piperidine rings is 1. The van der Waals surface area contributed by atoms with E-state index >= 15 is 0 Å². The molecular weight excluding hydrogens is 410 g/mol. The molecule has 7 heteroatoms. The molecule has 0 spiro atoms. The van der Waals surface area contributed by atoms with Crippen molar-refractivity contribution in [3.05, 3.63) is 58.3 Å². The van der Waals surface area contributed by atoms with E-state index in [0.717, 1.165) is 40.1 Å². The van der Waals surface area contributed by atoms with Crippen LogP contribution < -0.4 is 10.3 Å². The summed E-state index contributed by atoms with van der Waals surface area (Å²) >= 11 is 3.43. The first kappa shape index (κ1) is 19.2. The maximum atomic E-state index is 4.98. The Bertz CT molecular complexity index is 1170. The van der Waals surface area contributed by atoms with Crippen molar-refractivity contribution in [2.75, 3.05) is 23.4 Å². The second-order valence-electron chi connectivity index (χ2n) is 7.45. The van der Waals surface area contributed by atoms with Gasteiger partial charge in [-0.25, -0.2) is 9.97 Å². The number of thiazole rings is 1. The molecule has 4 heterocycles. The van der Waals surface area contributed by atoms with E-state index in [4.69, 9.17) is 4.98 Å². The third-order valence-corrected chi connectivity index (χ3v) is 7.23. The van der Waals surface area contributed by atoms with Crippen LogP contribution in [0.25, 0.3) is 21.5 Å². The molecule has 0 aliphatic carbocycles. The van der Waals surface area contributed by atoms with Gasteiger partial charge in [0.1, 0.15) is 11.5 Å². The number of nitrogens with zero attached hydrogens (tertiary/aromatic N) is 4. The first-order valence-corrected chi connectivity index (χ1v) is 11.9. The van der Waals surface area contributed by atoms with Crippen molar-refractivity contribution >= 4 is 50.7 Å². The van der Waals surface area contributed by atoms with E-state index in [9.17, 15) is 0 Å². The number of pyridine rings is 1. The summed E-state index contributed by atoms with van der Waals surface area (Å²) in [5.41, 5.74) is 6.29. The number of thiophene rings is 1. The minimum atomic E-state index is 0.751. The van der Waals surface area contributed by atoms with Gasteiger partial charge in [0, 0.05) is 18.5 Å². The minimum absolute atomic E-state index is 0.751. The number of nitrogens with one attached hydrogen (secondary N) is 1. The molecule has 1 N–H and O–H groups in total. The number of para-hydroxylation sites is 1.